The van der Waals surface area contributed by atoms with Gasteiger partial charge in [0.15, 0.2) is 0 Å². The SMILES string of the molecule is CSCOCC12CC(F)(C1)C2. The van der Waals surface area contributed by atoms with Gasteiger partial charge in [0.05, 0.1) is 12.5 Å². The predicted octanol–water partition coefficient (Wildman–Crippen LogP) is 2.22. The van der Waals surface area contributed by atoms with Gasteiger partial charge in [-0.15, -0.1) is 11.8 Å². The minimum atomic E-state index is -0.761. The van der Waals surface area contributed by atoms with Gasteiger partial charge >= 0.3 is 0 Å². The average Bonchev–Trinajstić information content (AvgIpc) is 1.82. The summed E-state index contributed by atoms with van der Waals surface area (Å²) in [6.07, 6.45) is 4.29. The molecule has 64 valence electrons. The number of hydrogen-bond donors (Lipinski definition) is 0. The van der Waals surface area contributed by atoms with Crippen LogP contribution < -0.4 is 0 Å². The van der Waals surface area contributed by atoms with Crippen molar-refractivity contribution in [3.63, 3.8) is 0 Å². The normalized spacial score (nSPS) is 46.4. The molecule has 0 N–H and O–H groups in total. The van der Waals surface area contributed by atoms with Gasteiger partial charge in [0.1, 0.15) is 5.67 Å². The summed E-state index contributed by atoms with van der Waals surface area (Å²) in [6.45, 7) is 0.777. The molecule has 0 atom stereocenters. The van der Waals surface area contributed by atoms with Gasteiger partial charge in [0, 0.05) is 5.41 Å². The van der Waals surface area contributed by atoms with Crippen LogP contribution in [0.25, 0.3) is 0 Å². The molecule has 0 spiro atoms. The lowest BCUT2D eigenvalue weighted by Crippen LogP contribution is -2.66. The maximum absolute atomic E-state index is 13.0. The molecule has 0 aromatic carbocycles. The fourth-order valence-electron chi connectivity index (χ4n) is 2.36. The number of thioether (sulfide) groups is 1. The van der Waals surface area contributed by atoms with E-state index in [0.29, 0.717) is 0 Å². The third-order valence-corrected chi connectivity index (χ3v) is 3.09. The second kappa shape index (κ2) is 2.36. The van der Waals surface area contributed by atoms with Gasteiger partial charge in [-0.05, 0) is 25.5 Å². The van der Waals surface area contributed by atoms with Crippen molar-refractivity contribution in [2.75, 3.05) is 18.8 Å². The van der Waals surface area contributed by atoms with E-state index in [-0.39, 0.29) is 5.41 Å². The zero-order chi connectivity index (χ0) is 7.95. The van der Waals surface area contributed by atoms with Gasteiger partial charge in [-0.2, -0.15) is 0 Å². The molecule has 3 rings (SSSR count). The van der Waals surface area contributed by atoms with Gasteiger partial charge in [-0.3, -0.25) is 0 Å². The van der Waals surface area contributed by atoms with Crippen LogP contribution in [0.15, 0.2) is 0 Å². The van der Waals surface area contributed by atoms with Gasteiger partial charge < -0.3 is 4.74 Å². The third-order valence-electron chi connectivity index (χ3n) is 2.68. The highest BCUT2D eigenvalue weighted by Gasteiger charge is 2.68. The van der Waals surface area contributed by atoms with Crippen LogP contribution >= 0.6 is 11.8 Å². The van der Waals surface area contributed by atoms with E-state index in [0.717, 1.165) is 31.8 Å². The lowest BCUT2D eigenvalue weighted by atomic mass is 9.43. The predicted molar refractivity (Wildman–Crippen MR) is 44.5 cm³/mol. The summed E-state index contributed by atoms with van der Waals surface area (Å²) >= 11 is 1.68. The highest BCUT2D eigenvalue weighted by Crippen LogP contribution is 2.69. The van der Waals surface area contributed by atoms with E-state index in [2.05, 4.69) is 0 Å². The minimum absolute atomic E-state index is 0.268. The van der Waals surface area contributed by atoms with E-state index in [1.165, 1.54) is 0 Å². The molecule has 3 heteroatoms. The van der Waals surface area contributed by atoms with Crippen LogP contribution in [0.3, 0.4) is 0 Å². The number of alkyl halides is 1. The summed E-state index contributed by atoms with van der Waals surface area (Å²) in [4.78, 5) is 0. The van der Waals surface area contributed by atoms with E-state index in [1.54, 1.807) is 11.8 Å². The smallest absolute Gasteiger partial charge is 0.113 e. The quantitative estimate of drug-likeness (QED) is 0.480. The van der Waals surface area contributed by atoms with Crippen molar-refractivity contribution < 1.29 is 9.13 Å². The third kappa shape index (κ3) is 1.18. The first-order chi connectivity index (χ1) is 5.18. The molecule has 3 fully saturated rings. The molecule has 0 unspecified atom stereocenters. The Hall–Kier alpha value is 0.240. The highest BCUT2D eigenvalue weighted by atomic mass is 32.2. The van der Waals surface area contributed by atoms with Crippen LogP contribution in [0.5, 0.6) is 0 Å². The van der Waals surface area contributed by atoms with Crippen molar-refractivity contribution in [3.05, 3.63) is 0 Å². The Morgan fingerprint density at radius 2 is 2.09 bits per heavy atom. The van der Waals surface area contributed by atoms with Gasteiger partial charge in [-0.1, -0.05) is 0 Å². The summed E-state index contributed by atoms with van der Waals surface area (Å²) in [5.74, 6) is 0.751. The largest absolute Gasteiger partial charge is 0.370 e. The zero-order valence-electron chi connectivity index (χ0n) is 6.73. The van der Waals surface area contributed by atoms with Crippen molar-refractivity contribution in [1.82, 2.24) is 0 Å². The first-order valence-corrected chi connectivity index (χ1v) is 5.33. The molecule has 0 aromatic rings. The number of ether oxygens (including phenoxy) is 1. The van der Waals surface area contributed by atoms with Crippen LogP contribution in [0, 0.1) is 5.41 Å². The molecule has 0 heterocycles. The van der Waals surface area contributed by atoms with Crippen molar-refractivity contribution >= 4 is 11.8 Å². The molecule has 3 aliphatic carbocycles. The second-order valence-electron chi connectivity index (χ2n) is 3.94. The number of halogens is 1. The summed E-state index contributed by atoms with van der Waals surface area (Å²) in [5.41, 5.74) is -0.493. The van der Waals surface area contributed by atoms with Crippen molar-refractivity contribution in [2.24, 2.45) is 5.41 Å². The number of hydrogen-bond acceptors (Lipinski definition) is 2. The first-order valence-electron chi connectivity index (χ1n) is 3.94. The Bertz CT molecular complexity index is 152. The van der Waals surface area contributed by atoms with Gasteiger partial charge in [0.25, 0.3) is 0 Å². The molecular formula is C8H13FOS. The fourth-order valence-corrected chi connectivity index (χ4v) is 2.61. The average molecular weight is 176 g/mol. The van der Waals surface area contributed by atoms with Crippen LogP contribution in [0.4, 0.5) is 4.39 Å². The molecule has 3 aliphatic rings. The minimum Gasteiger partial charge on any atom is -0.370 e. The molecule has 0 aliphatic heterocycles. The molecule has 2 bridgehead atoms. The molecule has 0 aromatic heterocycles. The summed E-state index contributed by atoms with van der Waals surface area (Å²) < 4.78 is 18.3. The Balaban J connectivity index is 1.66. The molecule has 3 saturated carbocycles. The van der Waals surface area contributed by atoms with E-state index in [4.69, 9.17) is 4.74 Å². The van der Waals surface area contributed by atoms with Gasteiger partial charge in [0.2, 0.25) is 0 Å². The summed E-state index contributed by atoms with van der Waals surface area (Å²) in [6, 6.07) is 0. The van der Waals surface area contributed by atoms with Crippen LogP contribution in [0.1, 0.15) is 19.3 Å². The highest BCUT2D eigenvalue weighted by molar-refractivity contribution is 7.98. The van der Waals surface area contributed by atoms with E-state index in [1.807, 2.05) is 6.26 Å². The Morgan fingerprint density at radius 3 is 2.55 bits per heavy atom. The lowest BCUT2D eigenvalue weighted by molar-refractivity contribution is -0.234. The van der Waals surface area contributed by atoms with Crippen molar-refractivity contribution in [1.29, 1.82) is 0 Å². The maximum Gasteiger partial charge on any atom is 0.113 e. The maximum atomic E-state index is 13.0. The Morgan fingerprint density at radius 1 is 1.45 bits per heavy atom. The molecule has 0 amide bonds. The Labute approximate surface area is 70.7 Å². The standard InChI is InChI=1S/C8H13FOS/c1-11-6-10-5-7-2-8(9,3-7)4-7/h2-6H2,1H3. The first kappa shape index (κ1) is 7.87. The fraction of sp³-hybridized carbons (Fsp3) is 1.00. The van der Waals surface area contributed by atoms with Crippen molar-refractivity contribution in [2.45, 2.75) is 24.9 Å². The summed E-state index contributed by atoms with van der Waals surface area (Å²) in [5, 5.41) is 0. The number of rotatable bonds is 4. The zero-order valence-corrected chi connectivity index (χ0v) is 7.55. The Kier molecular flexibility index (Phi) is 1.69. The second-order valence-corrected chi connectivity index (χ2v) is 4.75. The molecule has 0 saturated heterocycles. The van der Waals surface area contributed by atoms with Crippen molar-refractivity contribution in [3.8, 4) is 0 Å². The van der Waals surface area contributed by atoms with E-state index in [9.17, 15) is 4.39 Å². The van der Waals surface area contributed by atoms with Crippen LogP contribution in [-0.4, -0.2) is 24.5 Å². The van der Waals surface area contributed by atoms with Gasteiger partial charge in [-0.25, -0.2) is 4.39 Å². The van der Waals surface area contributed by atoms with Crippen LogP contribution in [0.2, 0.25) is 0 Å². The van der Waals surface area contributed by atoms with E-state index >= 15 is 0 Å². The molecule has 1 nitrogen and oxygen atoms in total. The molecular weight excluding hydrogens is 163 g/mol. The topological polar surface area (TPSA) is 9.23 Å². The monoisotopic (exact) mass is 176 g/mol. The lowest BCUT2D eigenvalue weighted by Gasteiger charge is -2.65. The van der Waals surface area contributed by atoms with Crippen LogP contribution in [-0.2, 0) is 4.74 Å². The summed E-state index contributed by atoms with van der Waals surface area (Å²) in [7, 11) is 0. The van der Waals surface area contributed by atoms with E-state index < -0.39 is 5.67 Å². The molecule has 11 heavy (non-hydrogen) atoms. The molecule has 0 radical (unpaired) electrons.